The average Bonchev–Trinajstić information content (AvgIpc) is 2.96. The van der Waals surface area contributed by atoms with Gasteiger partial charge in [-0.3, -0.25) is 9.59 Å². The van der Waals surface area contributed by atoms with Crippen LogP contribution in [0.15, 0.2) is 18.2 Å². The third-order valence-electron chi connectivity index (χ3n) is 3.05. The first kappa shape index (κ1) is 17.4. The number of nitrogens with one attached hydrogen (secondary N) is 2. The summed E-state index contributed by atoms with van der Waals surface area (Å²) in [4.78, 5) is 23.6. The van der Waals surface area contributed by atoms with Gasteiger partial charge >= 0.3 is 0 Å². The number of benzene rings is 1. The van der Waals surface area contributed by atoms with E-state index in [0.717, 1.165) is 17.0 Å². The molecule has 2 rings (SSSR count). The van der Waals surface area contributed by atoms with Crippen molar-refractivity contribution in [2.75, 3.05) is 10.6 Å². The van der Waals surface area contributed by atoms with Gasteiger partial charge in [0.2, 0.25) is 16.9 Å². The number of aromatic nitrogens is 2. The van der Waals surface area contributed by atoms with E-state index in [1.807, 2.05) is 19.9 Å². The van der Waals surface area contributed by atoms with Crippen LogP contribution in [0.25, 0.3) is 0 Å². The normalized spacial score (nSPS) is 10.4. The van der Waals surface area contributed by atoms with Crippen molar-refractivity contribution in [3.05, 3.63) is 33.8 Å². The van der Waals surface area contributed by atoms with Gasteiger partial charge in [0.1, 0.15) is 5.01 Å². The lowest BCUT2D eigenvalue weighted by molar-refractivity contribution is -0.121. The molecule has 0 unspecified atom stereocenters. The Morgan fingerprint density at radius 2 is 1.87 bits per heavy atom. The Kier molecular flexibility index (Phi) is 6.06. The second kappa shape index (κ2) is 8.03. The molecule has 0 aliphatic rings. The van der Waals surface area contributed by atoms with E-state index in [1.165, 1.54) is 11.3 Å². The number of halogens is 1. The van der Waals surface area contributed by atoms with E-state index in [9.17, 15) is 9.59 Å². The van der Waals surface area contributed by atoms with E-state index in [0.29, 0.717) is 15.8 Å². The van der Waals surface area contributed by atoms with Crippen molar-refractivity contribution in [3.8, 4) is 0 Å². The van der Waals surface area contributed by atoms with Crippen molar-refractivity contribution in [1.29, 1.82) is 0 Å². The quantitative estimate of drug-likeness (QED) is 0.834. The summed E-state index contributed by atoms with van der Waals surface area (Å²) in [5.41, 5.74) is 1.55. The van der Waals surface area contributed by atoms with Gasteiger partial charge < -0.3 is 10.6 Å². The van der Waals surface area contributed by atoms with Gasteiger partial charge in [0.15, 0.2) is 0 Å². The van der Waals surface area contributed by atoms with Crippen LogP contribution in [0.2, 0.25) is 5.02 Å². The van der Waals surface area contributed by atoms with E-state index in [1.54, 1.807) is 12.1 Å². The maximum atomic E-state index is 11.9. The Morgan fingerprint density at radius 3 is 2.48 bits per heavy atom. The fourth-order valence-electron chi connectivity index (χ4n) is 1.75. The Balaban J connectivity index is 1.79. The Morgan fingerprint density at radius 1 is 1.17 bits per heavy atom. The number of carbonyl (C=O) groups excluding carboxylic acids is 2. The van der Waals surface area contributed by atoms with Crippen LogP contribution in [0.5, 0.6) is 0 Å². The van der Waals surface area contributed by atoms with Crippen LogP contribution in [-0.4, -0.2) is 22.0 Å². The van der Waals surface area contributed by atoms with E-state index >= 15 is 0 Å². The van der Waals surface area contributed by atoms with Crippen molar-refractivity contribution >= 4 is 45.6 Å². The van der Waals surface area contributed by atoms with E-state index in [2.05, 4.69) is 20.8 Å². The number of hydrogen-bond acceptors (Lipinski definition) is 5. The van der Waals surface area contributed by atoms with Crippen molar-refractivity contribution < 1.29 is 9.59 Å². The maximum Gasteiger partial charge on any atom is 0.226 e. The molecular formula is C15H17ClN4O2S. The van der Waals surface area contributed by atoms with Crippen LogP contribution >= 0.6 is 22.9 Å². The number of aryl methyl sites for hydroxylation is 2. The van der Waals surface area contributed by atoms with Crippen LogP contribution < -0.4 is 10.6 Å². The largest absolute Gasteiger partial charge is 0.326 e. The molecule has 2 aromatic rings. The number of nitrogens with zero attached hydrogens (tertiary/aromatic N) is 2. The van der Waals surface area contributed by atoms with Gasteiger partial charge in [0, 0.05) is 23.6 Å². The summed E-state index contributed by atoms with van der Waals surface area (Å²) in [5, 5.41) is 15.0. The first-order valence-electron chi connectivity index (χ1n) is 7.16. The molecular weight excluding hydrogens is 336 g/mol. The minimum Gasteiger partial charge on any atom is -0.326 e. The monoisotopic (exact) mass is 352 g/mol. The second-order valence-electron chi connectivity index (χ2n) is 4.91. The predicted molar refractivity (Wildman–Crippen MR) is 92.0 cm³/mol. The van der Waals surface area contributed by atoms with Crippen molar-refractivity contribution in [3.63, 3.8) is 0 Å². The molecule has 0 aliphatic heterocycles. The van der Waals surface area contributed by atoms with Crippen molar-refractivity contribution in [2.45, 2.75) is 33.1 Å². The summed E-state index contributed by atoms with van der Waals surface area (Å²) in [6.07, 6.45) is 0.929. The molecule has 0 spiro atoms. The Bertz CT molecular complexity index is 717. The second-order valence-corrected chi connectivity index (χ2v) is 6.38. The maximum absolute atomic E-state index is 11.9. The van der Waals surface area contributed by atoms with Crippen molar-refractivity contribution in [2.24, 2.45) is 0 Å². The molecule has 2 amide bonds. The highest BCUT2D eigenvalue weighted by Crippen LogP contribution is 2.20. The molecule has 0 aliphatic carbocycles. The SMILES string of the molecule is CCc1nnc(NC(=O)CCC(=O)Nc2ccc(C)c(Cl)c2)s1. The molecule has 0 radical (unpaired) electrons. The number of anilines is 2. The zero-order chi connectivity index (χ0) is 16.8. The van der Waals surface area contributed by atoms with Gasteiger partial charge in [0.25, 0.3) is 0 Å². The van der Waals surface area contributed by atoms with E-state index in [-0.39, 0.29) is 24.7 Å². The molecule has 1 heterocycles. The highest BCUT2D eigenvalue weighted by molar-refractivity contribution is 7.15. The Hall–Kier alpha value is -1.99. The number of carbonyl (C=O) groups is 2. The standard InChI is InChI=1S/C15H17ClN4O2S/c1-3-14-19-20-15(23-14)18-13(22)7-6-12(21)17-10-5-4-9(2)11(16)8-10/h4-5,8H,3,6-7H2,1-2H3,(H,17,21)(H,18,20,22). The smallest absolute Gasteiger partial charge is 0.226 e. The lowest BCUT2D eigenvalue weighted by Gasteiger charge is -2.06. The zero-order valence-electron chi connectivity index (χ0n) is 12.9. The predicted octanol–water partition coefficient (Wildman–Crippen LogP) is 3.42. The summed E-state index contributed by atoms with van der Waals surface area (Å²) >= 11 is 7.33. The van der Waals surface area contributed by atoms with Gasteiger partial charge in [-0.05, 0) is 31.0 Å². The summed E-state index contributed by atoms with van der Waals surface area (Å²) in [5.74, 6) is -0.507. The van der Waals surface area contributed by atoms with E-state index < -0.39 is 0 Å². The fraction of sp³-hybridized carbons (Fsp3) is 0.333. The molecule has 0 atom stereocenters. The van der Waals surface area contributed by atoms with Gasteiger partial charge in [0.05, 0.1) is 0 Å². The van der Waals surface area contributed by atoms with Crippen LogP contribution in [-0.2, 0) is 16.0 Å². The fourth-order valence-corrected chi connectivity index (χ4v) is 2.63. The van der Waals surface area contributed by atoms with Gasteiger partial charge in [-0.15, -0.1) is 10.2 Å². The third kappa shape index (κ3) is 5.30. The van der Waals surface area contributed by atoms with Gasteiger partial charge in [-0.2, -0.15) is 0 Å². The van der Waals surface area contributed by atoms with Gasteiger partial charge in [-0.25, -0.2) is 0 Å². The summed E-state index contributed by atoms with van der Waals surface area (Å²) in [7, 11) is 0. The highest BCUT2D eigenvalue weighted by Gasteiger charge is 2.10. The molecule has 6 nitrogen and oxygen atoms in total. The molecule has 1 aromatic carbocycles. The minimum atomic E-state index is -0.263. The lowest BCUT2D eigenvalue weighted by atomic mass is 10.2. The van der Waals surface area contributed by atoms with Crippen molar-refractivity contribution in [1.82, 2.24) is 10.2 Å². The van der Waals surface area contributed by atoms with Crippen LogP contribution in [0, 0.1) is 6.92 Å². The molecule has 0 saturated heterocycles. The highest BCUT2D eigenvalue weighted by atomic mass is 35.5. The average molecular weight is 353 g/mol. The Labute approximate surface area is 143 Å². The number of hydrogen-bond donors (Lipinski definition) is 2. The summed E-state index contributed by atoms with van der Waals surface area (Å²) in [6, 6.07) is 5.28. The first-order chi connectivity index (χ1) is 11.0. The molecule has 122 valence electrons. The van der Waals surface area contributed by atoms with Crippen LogP contribution in [0.3, 0.4) is 0 Å². The lowest BCUT2D eigenvalue weighted by Crippen LogP contribution is -2.17. The molecule has 0 bridgehead atoms. The van der Waals surface area contributed by atoms with Crippen LogP contribution in [0.1, 0.15) is 30.3 Å². The topological polar surface area (TPSA) is 84.0 Å². The number of rotatable bonds is 6. The molecule has 0 fully saturated rings. The first-order valence-corrected chi connectivity index (χ1v) is 8.35. The number of amides is 2. The molecule has 1 aromatic heterocycles. The molecule has 0 saturated carbocycles. The van der Waals surface area contributed by atoms with E-state index in [4.69, 9.17) is 11.6 Å². The summed E-state index contributed by atoms with van der Waals surface area (Å²) in [6.45, 7) is 3.85. The molecule has 8 heteroatoms. The third-order valence-corrected chi connectivity index (χ3v) is 4.44. The molecule has 23 heavy (non-hydrogen) atoms. The zero-order valence-corrected chi connectivity index (χ0v) is 14.4. The minimum absolute atomic E-state index is 0.0759. The summed E-state index contributed by atoms with van der Waals surface area (Å²) < 4.78 is 0. The van der Waals surface area contributed by atoms with Gasteiger partial charge in [-0.1, -0.05) is 35.9 Å². The molecule has 2 N–H and O–H groups in total. The van der Waals surface area contributed by atoms with Crippen LogP contribution in [0.4, 0.5) is 10.8 Å².